The van der Waals surface area contributed by atoms with Crippen molar-refractivity contribution in [1.29, 1.82) is 0 Å². The van der Waals surface area contributed by atoms with E-state index in [-0.39, 0.29) is 11.8 Å². The van der Waals surface area contributed by atoms with E-state index in [0.717, 1.165) is 78.4 Å². The summed E-state index contributed by atoms with van der Waals surface area (Å²) in [6.45, 7) is 0. The first-order valence-corrected chi connectivity index (χ1v) is 27.4. The van der Waals surface area contributed by atoms with Crippen molar-refractivity contribution in [2.45, 2.75) is 11.8 Å². The van der Waals surface area contributed by atoms with Crippen LogP contribution in [0.1, 0.15) is 45.2 Å². The van der Waals surface area contributed by atoms with Crippen LogP contribution >= 0.6 is 0 Å². The fourth-order valence-electron chi connectivity index (χ4n) is 12.3. The topological polar surface area (TPSA) is 51.6 Å². The minimum atomic E-state index is 0.0297. The molecule has 13 aromatic rings. The lowest BCUT2D eigenvalue weighted by Gasteiger charge is -2.42. The summed E-state index contributed by atoms with van der Waals surface area (Å²) in [5, 5.41) is 0. The molecule has 2 heterocycles. The highest BCUT2D eigenvalue weighted by Gasteiger charge is 2.41. The number of rotatable bonds is 10. The van der Waals surface area contributed by atoms with Gasteiger partial charge in [0.25, 0.3) is 0 Å². The lowest BCUT2D eigenvalue weighted by molar-refractivity contribution is 0.755. The molecule has 0 amide bonds. The van der Waals surface area contributed by atoms with Gasteiger partial charge >= 0.3 is 0 Å². The van der Waals surface area contributed by atoms with Crippen LogP contribution in [0.5, 0.6) is 0 Å². The van der Waals surface area contributed by atoms with Crippen LogP contribution in [0.25, 0.3) is 112 Å². The second-order valence-corrected chi connectivity index (χ2v) is 20.8. The van der Waals surface area contributed by atoms with E-state index in [1.165, 1.54) is 55.6 Å². The Balaban J connectivity index is 0.837. The van der Waals surface area contributed by atoms with Crippen LogP contribution in [0.4, 0.5) is 0 Å². The maximum Gasteiger partial charge on any atom is 0.160 e. The molecule has 11 aromatic carbocycles. The third kappa shape index (κ3) is 8.42. The Morgan fingerprint density at radius 1 is 0.175 bits per heavy atom. The van der Waals surface area contributed by atoms with Crippen molar-refractivity contribution < 1.29 is 0 Å². The van der Waals surface area contributed by atoms with Crippen LogP contribution in [-0.2, 0) is 0 Å². The van der Waals surface area contributed by atoms with Gasteiger partial charge in [-0.15, -0.1) is 0 Å². The van der Waals surface area contributed by atoms with E-state index in [1.54, 1.807) is 0 Å². The average molecular weight is 1020 g/mol. The van der Waals surface area contributed by atoms with E-state index in [9.17, 15) is 0 Å². The Bertz CT molecular complexity index is 4190. The first-order chi connectivity index (χ1) is 39.6. The van der Waals surface area contributed by atoms with Gasteiger partial charge in [0.1, 0.15) is 0 Å². The Labute approximate surface area is 466 Å². The Morgan fingerprint density at radius 2 is 0.487 bits per heavy atom. The lowest BCUT2D eigenvalue weighted by Crippen LogP contribution is -2.27. The summed E-state index contributed by atoms with van der Waals surface area (Å²) in [4.78, 5) is 21.4. The third-order valence-corrected chi connectivity index (χ3v) is 16.1. The van der Waals surface area contributed by atoms with Crippen LogP contribution in [0.2, 0.25) is 0 Å². The minimum absolute atomic E-state index is 0.0297. The highest BCUT2D eigenvalue weighted by Crippen LogP contribution is 2.57. The van der Waals surface area contributed by atoms with Crippen molar-refractivity contribution in [1.82, 2.24) is 19.9 Å². The van der Waals surface area contributed by atoms with Gasteiger partial charge in [-0.2, -0.15) is 0 Å². The molecule has 3 aliphatic carbocycles. The standard InChI is InChI=1S/C76H50N4/c1-5-21-49(22-6-1)53-29-19-31-55(43-53)59-33-13-15-35-61(59)71-47-69(77-75(79-71)51-25-9-3-10-26-51)57-39-41-65-67(45-57)73-63-37-17-18-38-64(63)74(65)68-46-58(40-42-66(68)73)70-48-72(80-76(78-70)52-27-11-4-12-28-52)62-36-16-14-34-60(62)56-32-20-30-54(44-56)50-23-7-2-8-24-50/h1-48,73-74H. The summed E-state index contributed by atoms with van der Waals surface area (Å²) >= 11 is 0. The molecule has 3 aliphatic rings. The van der Waals surface area contributed by atoms with Gasteiger partial charge in [0, 0.05) is 45.2 Å². The summed E-state index contributed by atoms with van der Waals surface area (Å²) in [5.74, 6) is 1.44. The second-order valence-electron chi connectivity index (χ2n) is 20.8. The summed E-state index contributed by atoms with van der Waals surface area (Å²) in [6, 6.07) is 104. The second kappa shape index (κ2) is 19.9. The van der Waals surface area contributed by atoms with Gasteiger partial charge in [0.2, 0.25) is 0 Å². The maximum atomic E-state index is 5.37. The van der Waals surface area contributed by atoms with Crippen LogP contribution < -0.4 is 0 Å². The number of benzene rings is 11. The van der Waals surface area contributed by atoms with E-state index >= 15 is 0 Å². The van der Waals surface area contributed by atoms with Crippen molar-refractivity contribution >= 4 is 0 Å². The molecular formula is C76H50N4. The van der Waals surface area contributed by atoms with Gasteiger partial charge in [-0.1, -0.05) is 255 Å². The first-order valence-electron chi connectivity index (χ1n) is 27.4. The third-order valence-electron chi connectivity index (χ3n) is 16.1. The Hall–Kier alpha value is -10.4. The highest BCUT2D eigenvalue weighted by atomic mass is 14.9. The molecule has 2 bridgehead atoms. The predicted octanol–water partition coefficient (Wildman–Crippen LogP) is 18.9. The molecule has 4 nitrogen and oxygen atoms in total. The minimum Gasteiger partial charge on any atom is -0.228 e. The molecule has 2 unspecified atom stereocenters. The molecule has 374 valence electrons. The van der Waals surface area contributed by atoms with Crippen molar-refractivity contribution in [2.24, 2.45) is 0 Å². The number of hydrogen-bond donors (Lipinski definition) is 0. The number of nitrogens with zero attached hydrogens (tertiary/aromatic N) is 4. The molecule has 0 N–H and O–H groups in total. The largest absolute Gasteiger partial charge is 0.228 e. The molecule has 2 aromatic heterocycles. The quantitative estimate of drug-likeness (QED) is 0.137. The van der Waals surface area contributed by atoms with E-state index in [1.807, 2.05) is 12.1 Å². The summed E-state index contributed by atoms with van der Waals surface area (Å²) in [6.07, 6.45) is 0. The van der Waals surface area contributed by atoms with Crippen molar-refractivity contribution in [3.8, 4) is 112 Å². The Kier molecular flexibility index (Phi) is 11.6. The molecule has 0 aliphatic heterocycles. The molecule has 0 radical (unpaired) electrons. The van der Waals surface area contributed by atoms with E-state index in [4.69, 9.17) is 19.9 Å². The maximum absolute atomic E-state index is 5.37. The fraction of sp³-hybridized carbons (Fsp3) is 0.0263. The Morgan fingerprint density at radius 3 is 0.900 bits per heavy atom. The van der Waals surface area contributed by atoms with E-state index in [2.05, 4.69) is 279 Å². The van der Waals surface area contributed by atoms with Gasteiger partial charge in [-0.05, 0) is 114 Å². The van der Waals surface area contributed by atoms with Gasteiger partial charge in [0.05, 0.1) is 22.8 Å². The average Bonchev–Trinajstić information content (AvgIpc) is 3.63. The SMILES string of the molecule is c1ccc(-c2cccc(-c3ccccc3-c3cc(-c4ccc5c(c4)C4c6ccccc6C5c5cc(-c6cc(-c7ccccc7-c7cccc(-c8ccccc8)c7)nc(-c7ccccc7)n6)ccc54)nc(-c4ccccc4)n3)c2)cc1. The lowest BCUT2D eigenvalue weighted by atomic mass is 9.60. The van der Waals surface area contributed by atoms with Crippen molar-refractivity contribution in [3.63, 3.8) is 0 Å². The predicted molar refractivity (Wildman–Crippen MR) is 327 cm³/mol. The summed E-state index contributed by atoms with van der Waals surface area (Å²) in [7, 11) is 0. The first kappa shape index (κ1) is 46.8. The molecule has 0 fully saturated rings. The zero-order chi connectivity index (χ0) is 52.9. The van der Waals surface area contributed by atoms with Gasteiger partial charge in [-0.25, -0.2) is 19.9 Å². The molecule has 0 saturated carbocycles. The van der Waals surface area contributed by atoms with Gasteiger partial charge in [0.15, 0.2) is 11.6 Å². The highest BCUT2D eigenvalue weighted by molar-refractivity contribution is 5.88. The summed E-state index contributed by atoms with van der Waals surface area (Å²) in [5.41, 5.74) is 26.9. The number of aromatic nitrogens is 4. The zero-order valence-electron chi connectivity index (χ0n) is 43.7. The van der Waals surface area contributed by atoms with Gasteiger partial charge in [-0.3, -0.25) is 0 Å². The molecule has 0 saturated heterocycles. The van der Waals surface area contributed by atoms with E-state index in [0.29, 0.717) is 11.6 Å². The molecule has 2 atom stereocenters. The van der Waals surface area contributed by atoms with Crippen molar-refractivity contribution in [2.75, 3.05) is 0 Å². The zero-order valence-corrected chi connectivity index (χ0v) is 43.7. The summed E-state index contributed by atoms with van der Waals surface area (Å²) < 4.78 is 0. The smallest absolute Gasteiger partial charge is 0.160 e. The molecule has 80 heavy (non-hydrogen) atoms. The van der Waals surface area contributed by atoms with Gasteiger partial charge < -0.3 is 0 Å². The van der Waals surface area contributed by atoms with Crippen LogP contribution in [0.15, 0.2) is 291 Å². The molecule has 4 heteroatoms. The van der Waals surface area contributed by atoms with E-state index < -0.39 is 0 Å². The molecule has 16 rings (SSSR count). The fourth-order valence-corrected chi connectivity index (χ4v) is 12.3. The number of hydrogen-bond acceptors (Lipinski definition) is 4. The molecular weight excluding hydrogens is 969 g/mol. The van der Waals surface area contributed by atoms with Crippen LogP contribution in [0, 0.1) is 0 Å². The normalized spacial score (nSPS) is 13.8. The van der Waals surface area contributed by atoms with Crippen LogP contribution in [0.3, 0.4) is 0 Å². The molecule has 0 spiro atoms. The van der Waals surface area contributed by atoms with Crippen molar-refractivity contribution in [3.05, 3.63) is 325 Å². The van der Waals surface area contributed by atoms with Crippen LogP contribution in [-0.4, -0.2) is 19.9 Å². The monoisotopic (exact) mass is 1020 g/mol.